The number of amides is 3. The summed E-state index contributed by atoms with van der Waals surface area (Å²) < 4.78 is 39.2. The van der Waals surface area contributed by atoms with Crippen molar-refractivity contribution in [3.63, 3.8) is 0 Å². The minimum atomic E-state index is -5.08. The number of benzene rings is 3. The predicted octanol–water partition coefficient (Wildman–Crippen LogP) is 5.79. The average molecular weight is 927 g/mol. The van der Waals surface area contributed by atoms with Gasteiger partial charge in [-0.3, -0.25) is 19.3 Å². The molecule has 9 rings (SSSR count). The van der Waals surface area contributed by atoms with Gasteiger partial charge in [0.15, 0.2) is 6.73 Å². The van der Waals surface area contributed by atoms with Gasteiger partial charge in [0.1, 0.15) is 6.04 Å². The highest BCUT2D eigenvalue weighted by atomic mass is 19.4. The van der Waals surface area contributed by atoms with E-state index in [0.717, 1.165) is 95.9 Å². The number of hydrogen-bond donors (Lipinski definition) is 3. The normalized spacial score (nSPS) is 18.8. The lowest BCUT2D eigenvalue weighted by atomic mass is 9.89. The van der Waals surface area contributed by atoms with E-state index >= 15 is 0 Å². The van der Waals surface area contributed by atoms with E-state index in [-0.39, 0.29) is 36.1 Å². The molecule has 356 valence electrons. The van der Waals surface area contributed by atoms with Gasteiger partial charge >= 0.3 is 24.1 Å². The Balaban J connectivity index is 0.000000807. The fourth-order valence-corrected chi connectivity index (χ4v) is 9.80. The van der Waals surface area contributed by atoms with E-state index in [9.17, 15) is 32.3 Å². The zero-order chi connectivity index (χ0) is 47.5. The molecule has 1 aliphatic carbocycles. The average Bonchev–Trinajstić information content (AvgIpc) is 4.04. The number of aliphatic carboxylic acids is 1. The molecule has 3 amide bonds. The van der Waals surface area contributed by atoms with Crippen molar-refractivity contribution in [1.82, 2.24) is 39.7 Å². The van der Waals surface area contributed by atoms with Crippen molar-refractivity contribution in [3.8, 4) is 0 Å². The molecule has 0 spiro atoms. The van der Waals surface area contributed by atoms with Gasteiger partial charge in [-0.1, -0.05) is 54.6 Å². The van der Waals surface area contributed by atoms with E-state index in [1.165, 1.54) is 0 Å². The van der Waals surface area contributed by atoms with E-state index in [1.807, 2.05) is 90.8 Å². The number of para-hydroxylation sites is 1. The minimum absolute atomic E-state index is 0.00349. The summed E-state index contributed by atoms with van der Waals surface area (Å²) in [5.41, 5.74) is 4.55. The number of aromatic nitrogens is 3. The number of fused-ring (bicyclic) bond motifs is 2. The van der Waals surface area contributed by atoms with Crippen molar-refractivity contribution < 1.29 is 42.2 Å². The lowest BCUT2D eigenvalue weighted by Gasteiger charge is -2.43. The number of ether oxygens (including phenoxy) is 1. The zero-order valence-electron chi connectivity index (χ0n) is 37.8. The second-order valence-corrected chi connectivity index (χ2v) is 18.3. The number of carboxylic acid groups (broad SMARTS) is 1. The molecule has 1 saturated carbocycles. The van der Waals surface area contributed by atoms with Gasteiger partial charge in [0.05, 0.1) is 10.9 Å². The van der Waals surface area contributed by atoms with Crippen molar-refractivity contribution in [2.45, 2.75) is 88.2 Å². The Bertz CT molecular complexity index is 2640. The highest BCUT2D eigenvalue weighted by Gasteiger charge is 2.52. The van der Waals surface area contributed by atoms with Gasteiger partial charge in [0.25, 0.3) is 5.56 Å². The Morgan fingerprint density at radius 2 is 1.52 bits per heavy atom. The number of aryl methyl sites for hydroxylation is 1. The summed E-state index contributed by atoms with van der Waals surface area (Å²) in [7, 11) is 2.17. The summed E-state index contributed by atoms with van der Waals surface area (Å²) >= 11 is 0. The first kappa shape index (κ1) is 47.2. The standard InChI is InChI=1S/C47H56N8O5.C2HF3O2/c1-32-26-33(27-36-30-55(50-42(32)36)31-60-45(58)47(16-17-47)37-9-4-3-5-10-37)28-41(44(57)53-24-22-52(23-25-53)38-14-18-51(2)19-15-38)49-46(59)54-20-12-34(13-21-54)39-29-35-8-6-7-11-40(35)48-43(39)56;3-2(4,5)1(6)7/h3-11,26-27,29-30,34,38,41H,12-25,28,31H2,1-2H3,(H,48,56)(H,49,59);(H,6,7)/t41-;/m1./s1. The summed E-state index contributed by atoms with van der Waals surface area (Å²) in [6, 6.07) is 23.2. The minimum Gasteiger partial charge on any atom is -0.475 e. The summed E-state index contributed by atoms with van der Waals surface area (Å²) in [5.74, 6) is -3.02. The number of aromatic amines is 1. The van der Waals surface area contributed by atoms with Gasteiger partial charge < -0.3 is 34.8 Å². The second kappa shape index (κ2) is 19.9. The molecule has 1 atom stereocenters. The van der Waals surface area contributed by atoms with Crippen LogP contribution in [0.5, 0.6) is 0 Å². The molecule has 4 fully saturated rings. The number of carbonyl (C=O) groups is 4. The fraction of sp³-hybridized carbons (Fsp3) is 0.469. The van der Waals surface area contributed by atoms with Crippen LogP contribution in [0.3, 0.4) is 0 Å². The molecule has 3 saturated heterocycles. The van der Waals surface area contributed by atoms with E-state index in [1.54, 1.807) is 9.58 Å². The number of rotatable bonds is 10. The SMILES string of the molecule is Cc1cc(C[C@@H](NC(=O)N2CCC(c3cc4ccccc4[nH]c3=O)CC2)C(=O)N2CCN(C3CCN(C)CC3)CC2)cc2cn(COC(=O)C3(c4ccccc4)CC3)nc12.O=C(O)C(F)(F)F. The Kier molecular flexibility index (Phi) is 14.0. The van der Waals surface area contributed by atoms with Crippen molar-refractivity contribution in [2.24, 2.45) is 0 Å². The number of carboxylic acids is 1. The molecular weight excluding hydrogens is 870 g/mol. The number of nitrogens with one attached hydrogen (secondary N) is 2. The number of piperazine rings is 1. The van der Waals surface area contributed by atoms with Gasteiger partial charge in [-0.2, -0.15) is 18.3 Å². The second-order valence-electron chi connectivity index (χ2n) is 18.3. The predicted molar refractivity (Wildman–Crippen MR) is 244 cm³/mol. The summed E-state index contributed by atoms with van der Waals surface area (Å²) in [5, 5.41) is 16.9. The number of hydrogen-bond acceptors (Lipinski definition) is 9. The molecule has 0 bridgehead atoms. The fourth-order valence-electron chi connectivity index (χ4n) is 9.80. The summed E-state index contributed by atoms with van der Waals surface area (Å²) in [6.07, 6.45) is 2.27. The van der Waals surface area contributed by atoms with E-state index in [4.69, 9.17) is 19.7 Å². The first-order valence-corrected chi connectivity index (χ1v) is 23.0. The lowest BCUT2D eigenvalue weighted by Crippen LogP contribution is -2.59. The summed E-state index contributed by atoms with van der Waals surface area (Å²) in [6.45, 7) is 8.05. The van der Waals surface area contributed by atoms with Crippen LogP contribution in [0.1, 0.15) is 66.7 Å². The molecule has 3 aliphatic heterocycles. The number of piperidine rings is 2. The number of nitrogens with zero attached hydrogens (tertiary/aromatic N) is 6. The third-order valence-electron chi connectivity index (χ3n) is 13.8. The van der Waals surface area contributed by atoms with Gasteiger partial charge in [-0.15, -0.1) is 0 Å². The topological polar surface area (TPSA) is 173 Å². The number of likely N-dealkylation sites (tertiary alicyclic amines) is 2. The first-order chi connectivity index (χ1) is 32.1. The van der Waals surface area contributed by atoms with E-state index in [0.29, 0.717) is 51.5 Å². The molecule has 3 aromatic carbocycles. The first-order valence-electron chi connectivity index (χ1n) is 23.0. The monoisotopic (exact) mass is 926 g/mol. The Morgan fingerprint density at radius 3 is 2.18 bits per heavy atom. The van der Waals surface area contributed by atoms with Crippen LogP contribution in [0.2, 0.25) is 0 Å². The van der Waals surface area contributed by atoms with Crippen LogP contribution in [0.25, 0.3) is 21.8 Å². The van der Waals surface area contributed by atoms with Crippen LogP contribution in [0.15, 0.2) is 83.8 Å². The van der Waals surface area contributed by atoms with Gasteiger partial charge in [-0.25, -0.2) is 14.3 Å². The summed E-state index contributed by atoms with van der Waals surface area (Å²) in [4.78, 5) is 75.4. The number of urea groups is 1. The third-order valence-corrected chi connectivity index (χ3v) is 13.8. The maximum Gasteiger partial charge on any atom is 0.490 e. The maximum atomic E-state index is 14.5. The van der Waals surface area contributed by atoms with Gasteiger partial charge in [-0.05, 0) is 112 Å². The number of H-pyrrole nitrogens is 1. The highest BCUT2D eigenvalue weighted by Crippen LogP contribution is 2.49. The molecule has 4 aliphatic rings. The smallest absolute Gasteiger partial charge is 0.475 e. The van der Waals surface area contributed by atoms with Crippen LogP contribution in [0.4, 0.5) is 18.0 Å². The van der Waals surface area contributed by atoms with Crippen LogP contribution < -0.4 is 10.9 Å². The molecule has 0 radical (unpaired) electrons. The lowest BCUT2D eigenvalue weighted by molar-refractivity contribution is -0.192. The largest absolute Gasteiger partial charge is 0.490 e. The quantitative estimate of drug-likeness (QED) is 0.146. The van der Waals surface area contributed by atoms with Crippen molar-refractivity contribution in [2.75, 3.05) is 59.4 Å². The van der Waals surface area contributed by atoms with Crippen LogP contribution in [-0.4, -0.2) is 141 Å². The van der Waals surface area contributed by atoms with E-state index < -0.39 is 23.6 Å². The van der Waals surface area contributed by atoms with Crippen molar-refractivity contribution in [3.05, 3.63) is 112 Å². The number of esters is 1. The van der Waals surface area contributed by atoms with Crippen molar-refractivity contribution >= 4 is 45.7 Å². The number of alkyl halides is 3. The third kappa shape index (κ3) is 11.0. The van der Waals surface area contributed by atoms with E-state index in [2.05, 4.69) is 27.1 Å². The molecule has 5 aromatic rings. The number of pyridine rings is 1. The highest BCUT2D eigenvalue weighted by molar-refractivity contribution is 5.89. The van der Waals surface area contributed by atoms with Gasteiger partial charge in [0.2, 0.25) is 5.91 Å². The molecule has 5 heterocycles. The van der Waals surface area contributed by atoms with Crippen LogP contribution >= 0.6 is 0 Å². The maximum absolute atomic E-state index is 14.5. The van der Waals surface area contributed by atoms with Crippen molar-refractivity contribution in [1.29, 1.82) is 0 Å². The molecular formula is C49H57F3N8O7. The molecule has 18 heteroatoms. The van der Waals surface area contributed by atoms with Gasteiger partial charge in [0, 0.05) is 74.4 Å². The Hall–Kier alpha value is -6.27. The molecule has 0 unspecified atom stereocenters. The van der Waals surface area contributed by atoms with Crippen LogP contribution in [-0.2, 0) is 37.7 Å². The molecule has 15 nitrogen and oxygen atoms in total. The number of carbonyl (C=O) groups excluding carboxylic acids is 3. The molecule has 3 N–H and O–H groups in total. The number of halogens is 3. The molecule has 67 heavy (non-hydrogen) atoms. The Labute approximate surface area is 385 Å². The Morgan fingerprint density at radius 1 is 0.866 bits per heavy atom. The molecule has 2 aromatic heterocycles. The van der Waals surface area contributed by atoms with Crippen LogP contribution in [0, 0.1) is 6.92 Å². The zero-order valence-corrected chi connectivity index (χ0v) is 37.8.